The molecular formula is C23H21BrN4O. The third-order valence-corrected chi connectivity index (χ3v) is 5.78. The van der Waals surface area contributed by atoms with Gasteiger partial charge in [-0.15, -0.1) is 0 Å². The Morgan fingerprint density at radius 2 is 1.97 bits per heavy atom. The van der Waals surface area contributed by atoms with E-state index in [0.717, 1.165) is 52.7 Å². The first-order chi connectivity index (χ1) is 14.1. The van der Waals surface area contributed by atoms with Crippen LogP contribution in [0.2, 0.25) is 0 Å². The lowest BCUT2D eigenvalue weighted by molar-refractivity contribution is 0.0777. The number of benzene rings is 2. The zero-order chi connectivity index (χ0) is 20.4. The molecule has 1 amide bonds. The second kappa shape index (κ2) is 8.22. The molecule has 0 spiro atoms. The number of carbonyl (C=O) groups excluding carboxylic acids is 1. The molecule has 29 heavy (non-hydrogen) atoms. The largest absolute Gasteiger partial charge is 0.336 e. The Balaban J connectivity index is 1.65. The SMILES string of the molecule is CN(Cc1ccc(C#N)cc1)C(=O)c1nn(-c2cccc(Br)c2)c2c1CCCC2. The van der Waals surface area contributed by atoms with Crippen molar-refractivity contribution in [2.75, 3.05) is 7.05 Å². The first-order valence-electron chi connectivity index (χ1n) is 9.68. The van der Waals surface area contributed by atoms with E-state index in [1.165, 1.54) is 0 Å². The van der Waals surface area contributed by atoms with Gasteiger partial charge >= 0.3 is 0 Å². The highest BCUT2D eigenvalue weighted by molar-refractivity contribution is 9.10. The molecule has 0 radical (unpaired) electrons. The second-order valence-corrected chi connectivity index (χ2v) is 8.26. The van der Waals surface area contributed by atoms with Crippen molar-refractivity contribution in [3.63, 3.8) is 0 Å². The standard InChI is InChI=1S/C23H21BrN4O/c1-27(15-17-11-9-16(14-25)10-12-17)23(29)22-20-7-2-3-8-21(20)28(26-22)19-6-4-5-18(24)13-19/h4-6,9-13H,2-3,7-8,15H2,1H3. The summed E-state index contributed by atoms with van der Waals surface area (Å²) in [5, 5.41) is 13.7. The van der Waals surface area contributed by atoms with Gasteiger partial charge in [0.15, 0.2) is 5.69 Å². The predicted octanol–water partition coefficient (Wildman–Crippen LogP) is 4.66. The van der Waals surface area contributed by atoms with E-state index < -0.39 is 0 Å². The van der Waals surface area contributed by atoms with E-state index in [9.17, 15) is 4.79 Å². The van der Waals surface area contributed by atoms with Gasteiger partial charge in [0.1, 0.15) is 0 Å². The molecule has 0 saturated heterocycles. The molecule has 0 unspecified atom stereocenters. The third-order valence-electron chi connectivity index (χ3n) is 5.29. The van der Waals surface area contributed by atoms with Crippen LogP contribution >= 0.6 is 15.9 Å². The van der Waals surface area contributed by atoms with Gasteiger partial charge in [-0.3, -0.25) is 4.79 Å². The summed E-state index contributed by atoms with van der Waals surface area (Å²) in [7, 11) is 1.80. The molecule has 3 aromatic rings. The van der Waals surface area contributed by atoms with Gasteiger partial charge in [-0.05, 0) is 61.6 Å². The summed E-state index contributed by atoms with van der Waals surface area (Å²) in [6, 6.07) is 17.4. The first-order valence-corrected chi connectivity index (χ1v) is 10.5. The van der Waals surface area contributed by atoms with E-state index in [4.69, 9.17) is 10.4 Å². The van der Waals surface area contributed by atoms with Crippen LogP contribution in [0.15, 0.2) is 53.0 Å². The lowest BCUT2D eigenvalue weighted by Gasteiger charge is -2.18. The molecule has 0 N–H and O–H groups in total. The van der Waals surface area contributed by atoms with Gasteiger partial charge in [0.05, 0.1) is 17.3 Å². The molecule has 0 saturated carbocycles. The van der Waals surface area contributed by atoms with Gasteiger partial charge in [0.2, 0.25) is 0 Å². The Bertz CT molecular complexity index is 1100. The Labute approximate surface area is 178 Å². The Kier molecular flexibility index (Phi) is 5.50. The molecule has 0 fully saturated rings. The number of fused-ring (bicyclic) bond motifs is 1. The summed E-state index contributed by atoms with van der Waals surface area (Å²) in [5.74, 6) is -0.0683. The van der Waals surface area contributed by atoms with Gasteiger partial charge in [-0.1, -0.05) is 34.1 Å². The van der Waals surface area contributed by atoms with Crippen molar-refractivity contribution in [3.8, 4) is 11.8 Å². The molecule has 4 rings (SSSR count). The molecule has 6 heteroatoms. The van der Waals surface area contributed by atoms with Crippen LogP contribution in [0.4, 0.5) is 0 Å². The van der Waals surface area contributed by atoms with Crippen LogP contribution in [0.5, 0.6) is 0 Å². The summed E-state index contributed by atoms with van der Waals surface area (Å²) in [6.07, 6.45) is 4.01. The number of hydrogen-bond acceptors (Lipinski definition) is 3. The summed E-state index contributed by atoms with van der Waals surface area (Å²) in [5.41, 5.74) is 5.34. The molecule has 1 aromatic heterocycles. The maximum Gasteiger partial charge on any atom is 0.274 e. The number of halogens is 1. The van der Waals surface area contributed by atoms with Gasteiger partial charge in [0.25, 0.3) is 5.91 Å². The van der Waals surface area contributed by atoms with Gasteiger partial charge in [0, 0.05) is 29.3 Å². The summed E-state index contributed by atoms with van der Waals surface area (Å²) >= 11 is 3.53. The Morgan fingerprint density at radius 1 is 1.21 bits per heavy atom. The number of aromatic nitrogens is 2. The van der Waals surface area contributed by atoms with E-state index in [1.54, 1.807) is 24.1 Å². The van der Waals surface area contributed by atoms with Gasteiger partial charge in [-0.2, -0.15) is 10.4 Å². The van der Waals surface area contributed by atoms with Crippen molar-refractivity contribution >= 4 is 21.8 Å². The molecule has 1 heterocycles. The van der Waals surface area contributed by atoms with Crippen LogP contribution in [0, 0.1) is 11.3 Å². The normalized spacial score (nSPS) is 12.9. The van der Waals surface area contributed by atoms with Crippen molar-refractivity contribution in [2.24, 2.45) is 0 Å². The van der Waals surface area contributed by atoms with Crippen molar-refractivity contribution in [1.82, 2.24) is 14.7 Å². The molecule has 2 aromatic carbocycles. The highest BCUT2D eigenvalue weighted by Crippen LogP contribution is 2.28. The number of hydrogen-bond donors (Lipinski definition) is 0. The van der Waals surface area contributed by atoms with Crippen LogP contribution in [-0.4, -0.2) is 27.6 Å². The number of amides is 1. The van der Waals surface area contributed by atoms with Crippen molar-refractivity contribution < 1.29 is 4.79 Å². The fourth-order valence-corrected chi connectivity index (χ4v) is 4.19. The lowest BCUT2D eigenvalue weighted by Crippen LogP contribution is -2.27. The summed E-state index contributed by atoms with van der Waals surface area (Å²) < 4.78 is 2.92. The van der Waals surface area contributed by atoms with Crippen LogP contribution in [0.25, 0.3) is 5.69 Å². The highest BCUT2D eigenvalue weighted by Gasteiger charge is 2.27. The number of carbonyl (C=O) groups is 1. The van der Waals surface area contributed by atoms with Crippen LogP contribution in [-0.2, 0) is 19.4 Å². The Morgan fingerprint density at radius 3 is 2.69 bits per heavy atom. The van der Waals surface area contributed by atoms with Crippen LogP contribution < -0.4 is 0 Å². The minimum Gasteiger partial charge on any atom is -0.336 e. The highest BCUT2D eigenvalue weighted by atomic mass is 79.9. The molecule has 0 bridgehead atoms. The van der Waals surface area contributed by atoms with Crippen LogP contribution in [0.1, 0.15) is 45.7 Å². The number of nitriles is 1. The Hall–Kier alpha value is -2.91. The molecule has 0 atom stereocenters. The minimum absolute atomic E-state index is 0.0683. The van der Waals surface area contributed by atoms with E-state index >= 15 is 0 Å². The van der Waals surface area contributed by atoms with E-state index in [0.29, 0.717) is 17.8 Å². The zero-order valence-corrected chi connectivity index (χ0v) is 17.8. The summed E-state index contributed by atoms with van der Waals surface area (Å²) in [6.45, 7) is 0.475. The molecule has 5 nitrogen and oxygen atoms in total. The lowest BCUT2D eigenvalue weighted by atomic mass is 9.95. The summed E-state index contributed by atoms with van der Waals surface area (Å²) in [4.78, 5) is 14.9. The van der Waals surface area contributed by atoms with Crippen LogP contribution in [0.3, 0.4) is 0 Å². The maximum atomic E-state index is 13.2. The molecule has 146 valence electrons. The monoisotopic (exact) mass is 448 g/mol. The fourth-order valence-electron chi connectivity index (χ4n) is 3.80. The second-order valence-electron chi connectivity index (χ2n) is 7.34. The number of nitrogens with zero attached hydrogens (tertiary/aromatic N) is 4. The van der Waals surface area contributed by atoms with E-state index in [2.05, 4.69) is 22.0 Å². The minimum atomic E-state index is -0.0683. The smallest absolute Gasteiger partial charge is 0.274 e. The predicted molar refractivity (Wildman–Crippen MR) is 115 cm³/mol. The molecular weight excluding hydrogens is 428 g/mol. The van der Waals surface area contributed by atoms with Crippen molar-refractivity contribution in [3.05, 3.63) is 81.1 Å². The average molecular weight is 449 g/mol. The van der Waals surface area contributed by atoms with Gasteiger partial charge in [-0.25, -0.2) is 4.68 Å². The van der Waals surface area contributed by atoms with Crippen molar-refractivity contribution in [1.29, 1.82) is 5.26 Å². The van der Waals surface area contributed by atoms with Crippen molar-refractivity contribution in [2.45, 2.75) is 32.2 Å². The first kappa shape index (κ1) is 19.4. The zero-order valence-electron chi connectivity index (χ0n) is 16.2. The van der Waals surface area contributed by atoms with E-state index in [-0.39, 0.29) is 5.91 Å². The fraction of sp³-hybridized carbons (Fsp3) is 0.261. The molecule has 1 aliphatic rings. The average Bonchev–Trinajstić information content (AvgIpc) is 3.13. The maximum absolute atomic E-state index is 13.2. The molecule has 0 aliphatic heterocycles. The quantitative estimate of drug-likeness (QED) is 0.582. The van der Waals surface area contributed by atoms with Gasteiger partial charge < -0.3 is 4.90 Å². The third kappa shape index (κ3) is 3.96. The molecule has 1 aliphatic carbocycles. The number of rotatable bonds is 4. The van der Waals surface area contributed by atoms with E-state index in [1.807, 2.05) is 41.1 Å². The topological polar surface area (TPSA) is 61.9 Å².